The van der Waals surface area contributed by atoms with Gasteiger partial charge in [-0.25, -0.2) is 0 Å². The van der Waals surface area contributed by atoms with Crippen LogP contribution in [0.5, 0.6) is 5.75 Å². The molecule has 1 heterocycles. The Morgan fingerprint density at radius 1 is 1.23 bits per heavy atom. The molecular formula is C20H26N2O3S. The Morgan fingerprint density at radius 3 is 2.62 bits per heavy atom. The Hall–Kier alpha value is -2.34. The molecule has 0 unspecified atom stereocenters. The lowest BCUT2D eigenvalue weighted by Crippen LogP contribution is -2.37. The van der Waals surface area contributed by atoms with Crippen LogP contribution in [0.4, 0.5) is 5.69 Å². The molecule has 0 saturated carbocycles. The second-order valence-corrected chi connectivity index (χ2v) is 7.27. The Kier molecular flexibility index (Phi) is 7.21. The van der Waals surface area contributed by atoms with Gasteiger partial charge >= 0.3 is 0 Å². The maximum atomic E-state index is 12.8. The molecule has 5 nitrogen and oxygen atoms in total. The van der Waals surface area contributed by atoms with Crippen molar-refractivity contribution >= 4 is 28.8 Å². The van der Waals surface area contributed by atoms with E-state index in [9.17, 15) is 9.59 Å². The molecule has 2 aromatic rings. The number of anilines is 1. The van der Waals surface area contributed by atoms with E-state index < -0.39 is 0 Å². The van der Waals surface area contributed by atoms with Gasteiger partial charge in [0.05, 0.1) is 17.7 Å². The van der Waals surface area contributed by atoms with Crippen LogP contribution in [-0.4, -0.2) is 36.9 Å². The van der Waals surface area contributed by atoms with Crippen molar-refractivity contribution in [2.24, 2.45) is 0 Å². The summed E-state index contributed by atoms with van der Waals surface area (Å²) in [5.74, 6) is 0.248. The van der Waals surface area contributed by atoms with E-state index in [4.69, 9.17) is 4.74 Å². The number of thiophene rings is 1. The number of aryl methyl sites for hydroxylation is 2. The van der Waals surface area contributed by atoms with E-state index in [1.807, 2.05) is 32.0 Å². The van der Waals surface area contributed by atoms with E-state index in [1.54, 1.807) is 24.1 Å². The van der Waals surface area contributed by atoms with Crippen molar-refractivity contribution in [3.8, 4) is 5.75 Å². The molecular weight excluding hydrogens is 348 g/mol. The summed E-state index contributed by atoms with van der Waals surface area (Å²) in [5.41, 5.74) is 1.82. The van der Waals surface area contributed by atoms with Crippen LogP contribution in [0.25, 0.3) is 0 Å². The maximum Gasteiger partial charge on any atom is 0.264 e. The van der Waals surface area contributed by atoms with Crippen molar-refractivity contribution in [3.63, 3.8) is 0 Å². The molecule has 0 radical (unpaired) electrons. The van der Waals surface area contributed by atoms with E-state index in [1.165, 1.54) is 21.8 Å². The van der Waals surface area contributed by atoms with Crippen LogP contribution in [0.1, 0.15) is 40.4 Å². The van der Waals surface area contributed by atoms with Gasteiger partial charge in [0.15, 0.2) is 0 Å². The van der Waals surface area contributed by atoms with Crippen molar-refractivity contribution in [1.82, 2.24) is 4.90 Å². The van der Waals surface area contributed by atoms with Gasteiger partial charge in [-0.1, -0.05) is 25.5 Å². The van der Waals surface area contributed by atoms with Gasteiger partial charge in [-0.05, 0) is 44.0 Å². The number of rotatable bonds is 8. The summed E-state index contributed by atoms with van der Waals surface area (Å²) in [7, 11) is 1.56. The van der Waals surface area contributed by atoms with Crippen LogP contribution in [-0.2, 0) is 11.2 Å². The van der Waals surface area contributed by atoms with Gasteiger partial charge in [0, 0.05) is 11.4 Å². The number of methoxy groups -OCH3 is 1. The van der Waals surface area contributed by atoms with E-state index in [-0.39, 0.29) is 18.4 Å². The zero-order valence-corrected chi connectivity index (χ0v) is 16.6. The molecule has 0 fully saturated rings. The topological polar surface area (TPSA) is 58.6 Å². The molecule has 26 heavy (non-hydrogen) atoms. The quantitative estimate of drug-likeness (QED) is 0.756. The molecule has 0 aliphatic heterocycles. The average Bonchev–Trinajstić information content (AvgIpc) is 3.00. The maximum absolute atomic E-state index is 12.8. The lowest BCUT2D eigenvalue weighted by Gasteiger charge is -2.20. The summed E-state index contributed by atoms with van der Waals surface area (Å²) < 4.78 is 5.24. The summed E-state index contributed by atoms with van der Waals surface area (Å²) in [6, 6.07) is 9.18. The molecule has 1 N–H and O–H groups in total. The van der Waals surface area contributed by atoms with E-state index in [2.05, 4.69) is 12.2 Å². The van der Waals surface area contributed by atoms with E-state index in [0.717, 1.165) is 12.8 Å². The number of nitrogens with zero attached hydrogens (tertiary/aromatic N) is 1. The Morgan fingerprint density at radius 2 is 1.96 bits per heavy atom. The first-order chi connectivity index (χ1) is 12.5. The number of amides is 2. The fourth-order valence-corrected chi connectivity index (χ4v) is 3.78. The molecule has 1 aromatic heterocycles. The molecule has 0 bridgehead atoms. The van der Waals surface area contributed by atoms with Gasteiger partial charge in [0.25, 0.3) is 5.91 Å². The van der Waals surface area contributed by atoms with Crippen molar-refractivity contribution < 1.29 is 14.3 Å². The zero-order chi connectivity index (χ0) is 19.1. The van der Waals surface area contributed by atoms with E-state index >= 15 is 0 Å². The number of likely N-dealkylation sites (N-methyl/N-ethyl adjacent to an activating group) is 1. The highest BCUT2D eigenvalue weighted by Gasteiger charge is 2.20. The van der Waals surface area contributed by atoms with Crippen molar-refractivity contribution in [1.29, 1.82) is 0 Å². The van der Waals surface area contributed by atoms with Gasteiger partial charge in [-0.15, -0.1) is 11.3 Å². The SMILES string of the molecule is CCCc1cc(C(=O)N(CC)CC(=O)Nc2ccccc2OC)sc1C. The highest BCUT2D eigenvalue weighted by Crippen LogP contribution is 2.25. The van der Waals surface area contributed by atoms with Gasteiger partial charge in [0.2, 0.25) is 5.91 Å². The lowest BCUT2D eigenvalue weighted by atomic mass is 10.1. The highest BCUT2D eigenvalue weighted by atomic mass is 32.1. The smallest absolute Gasteiger partial charge is 0.264 e. The third-order valence-corrected chi connectivity index (χ3v) is 5.22. The zero-order valence-electron chi connectivity index (χ0n) is 15.8. The monoisotopic (exact) mass is 374 g/mol. The van der Waals surface area contributed by atoms with Gasteiger partial charge in [-0.2, -0.15) is 0 Å². The van der Waals surface area contributed by atoms with Crippen LogP contribution in [0.2, 0.25) is 0 Å². The van der Waals surface area contributed by atoms with Gasteiger partial charge in [0.1, 0.15) is 12.3 Å². The minimum Gasteiger partial charge on any atom is -0.495 e. The standard InChI is InChI=1S/C20H26N2O3S/c1-5-9-15-12-18(26-14(15)3)20(24)22(6-2)13-19(23)21-16-10-7-8-11-17(16)25-4/h7-8,10-12H,5-6,9,13H2,1-4H3,(H,21,23). The minimum atomic E-state index is -0.244. The third kappa shape index (κ3) is 4.85. The summed E-state index contributed by atoms with van der Waals surface area (Å²) in [5, 5.41) is 2.82. The third-order valence-electron chi connectivity index (χ3n) is 4.14. The number of hydrogen-bond donors (Lipinski definition) is 1. The Bertz CT molecular complexity index is 770. The molecule has 0 saturated heterocycles. The van der Waals surface area contributed by atoms with E-state index in [0.29, 0.717) is 22.9 Å². The molecule has 0 spiro atoms. The summed E-state index contributed by atoms with van der Waals surface area (Å²) in [6.07, 6.45) is 2.01. The molecule has 2 amide bonds. The molecule has 0 atom stereocenters. The number of nitrogens with one attached hydrogen (secondary N) is 1. The minimum absolute atomic E-state index is 0.00738. The predicted molar refractivity (Wildman–Crippen MR) is 106 cm³/mol. The summed E-state index contributed by atoms with van der Waals surface area (Å²) >= 11 is 1.50. The molecule has 2 rings (SSSR count). The first-order valence-corrected chi connectivity index (χ1v) is 9.63. The molecule has 1 aromatic carbocycles. The fourth-order valence-electron chi connectivity index (χ4n) is 2.74. The van der Waals surface area contributed by atoms with Crippen molar-refractivity contribution in [2.75, 3.05) is 25.5 Å². The lowest BCUT2D eigenvalue weighted by molar-refractivity contribution is -0.116. The first-order valence-electron chi connectivity index (χ1n) is 8.81. The van der Waals surface area contributed by atoms with Crippen molar-refractivity contribution in [3.05, 3.63) is 45.6 Å². The van der Waals surface area contributed by atoms with Gasteiger partial charge in [-0.3, -0.25) is 9.59 Å². The molecule has 6 heteroatoms. The van der Waals surface area contributed by atoms with Crippen molar-refractivity contribution in [2.45, 2.75) is 33.6 Å². The number of hydrogen-bond acceptors (Lipinski definition) is 4. The van der Waals surface area contributed by atoms with Gasteiger partial charge < -0.3 is 15.0 Å². The number of carbonyl (C=O) groups is 2. The number of benzene rings is 1. The average molecular weight is 375 g/mol. The Labute approximate surface area is 159 Å². The predicted octanol–water partition coefficient (Wildman–Crippen LogP) is 4.12. The fraction of sp³-hybridized carbons (Fsp3) is 0.400. The molecule has 0 aliphatic carbocycles. The second-order valence-electron chi connectivity index (χ2n) is 6.01. The highest BCUT2D eigenvalue weighted by molar-refractivity contribution is 7.14. The Balaban J connectivity index is 2.07. The van der Waals surface area contributed by atoms with Crippen LogP contribution in [0.3, 0.4) is 0 Å². The first kappa shape index (κ1) is 20.0. The number of ether oxygens (including phenoxy) is 1. The number of carbonyl (C=O) groups excluding carboxylic acids is 2. The number of para-hydroxylation sites is 2. The largest absolute Gasteiger partial charge is 0.495 e. The second kappa shape index (κ2) is 9.38. The summed E-state index contributed by atoms with van der Waals surface area (Å²) in [4.78, 5) is 28.6. The molecule has 0 aliphatic rings. The van der Waals surface area contributed by atoms with Crippen LogP contribution in [0, 0.1) is 6.92 Å². The normalized spacial score (nSPS) is 10.5. The summed E-state index contributed by atoms with van der Waals surface area (Å²) in [6.45, 7) is 6.52. The van der Waals surface area contributed by atoms with Crippen LogP contribution < -0.4 is 10.1 Å². The molecule has 140 valence electrons. The van der Waals surface area contributed by atoms with Crippen LogP contribution >= 0.6 is 11.3 Å². The van der Waals surface area contributed by atoms with Crippen LogP contribution in [0.15, 0.2) is 30.3 Å².